The average Bonchev–Trinajstić information content (AvgIpc) is 2.39. The second-order valence-corrected chi connectivity index (χ2v) is 3.79. The van der Waals surface area contributed by atoms with Gasteiger partial charge in [-0.15, -0.1) is 0 Å². The molecule has 0 aliphatic carbocycles. The van der Waals surface area contributed by atoms with Crippen molar-refractivity contribution in [1.29, 1.82) is 0 Å². The molecule has 0 bridgehead atoms. The predicted octanol–water partition coefficient (Wildman–Crippen LogP) is 3.24. The van der Waals surface area contributed by atoms with Gasteiger partial charge in [0.05, 0.1) is 0 Å². The van der Waals surface area contributed by atoms with E-state index < -0.39 is 0 Å². The van der Waals surface area contributed by atoms with Crippen LogP contribution in [-0.4, -0.2) is 12.8 Å². The number of anilines is 1. The Bertz CT molecular complexity index is 417. The normalized spacial score (nSPS) is 15.5. The lowest BCUT2D eigenvalue weighted by Gasteiger charge is -2.06. The second kappa shape index (κ2) is 4.30. The number of rotatable bonds is 1. The van der Waals surface area contributed by atoms with E-state index in [1.54, 1.807) is 0 Å². The van der Waals surface area contributed by atoms with E-state index in [4.69, 9.17) is 0 Å². The van der Waals surface area contributed by atoms with Crippen LogP contribution >= 0.6 is 0 Å². The maximum absolute atomic E-state index is 4.37. The summed E-state index contributed by atoms with van der Waals surface area (Å²) >= 11 is 0. The molecule has 1 N–H and O–H groups in total. The van der Waals surface area contributed by atoms with E-state index in [9.17, 15) is 0 Å². The molecule has 0 aromatic heterocycles. The van der Waals surface area contributed by atoms with Gasteiger partial charge in [0.2, 0.25) is 0 Å². The molecule has 0 fully saturated rings. The van der Waals surface area contributed by atoms with Crippen molar-refractivity contribution < 1.29 is 0 Å². The number of nitrogens with zero attached hydrogens (tertiary/aromatic N) is 1. The van der Waals surface area contributed by atoms with Crippen molar-refractivity contribution >= 4 is 18.0 Å². The van der Waals surface area contributed by atoms with Crippen LogP contribution in [0.1, 0.15) is 24.5 Å². The van der Waals surface area contributed by atoms with E-state index in [1.165, 1.54) is 16.8 Å². The van der Waals surface area contributed by atoms with Crippen molar-refractivity contribution in [2.75, 3.05) is 11.9 Å². The summed E-state index contributed by atoms with van der Waals surface area (Å²) in [6.07, 6.45) is 5.01. The number of aryl methyl sites for hydroxylation is 1. The van der Waals surface area contributed by atoms with Crippen molar-refractivity contribution in [2.24, 2.45) is 4.99 Å². The van der Waals surface area contributed by atoms with Crippen LogP contribution in [0.2, 0.25) is 0 Å². The van der Waals surface area contributed by atoms with E-state index in [2.05, 4.69) is 41.5 Å². The Labute approximate surface area is 90.7 Å². The van der Waals surface area contributed by atoms with Gasteiger partial charge in [-0.2, -0.15) is 0 Å². The van der Waals surface area contributed by atoms with Crippen molar-refractivity contribution in [3.63, 3.8) is 0 Å². The van der Waals surface area contributed by atoms with E-state index in [-0.39, 0.29) is 0 Å². The zero-order chi connectivity index (χ0) is 10.7. The third-order valence-electron chi connectivity index (χ3n) is 2.52. The van der Waals surface area contributed by atoms with Gasteiger partial charge in [0.1, 0.15) is 0 Å². The van der Waals surface area contributed by atoms with Gasteiger partial charge in [-0.25, -0.2) is 0 Å². The molecule has 2 heteroatoms. The smallest absolute Gasteiger partial charge is 0.0423 e. The first-order valence-electron chi connectivity index (χ1n) is 5.33. The molecule has 0 amide bonds. The van der Waals surface area contributed by atoms with Crippen LogP contribution in [0.5, 0.6) is 0 Å². The third-order valence-corrected chi connectivity index (χ3v) is 2.52. The van der Waals surface area contributed by atoms with Gasteiger partial charge in [-0.05, 0) is 37.6 Å². The van der Waals surface area contributed by atoms with Crippen LogP contribution in [0.4, 0.5) is 5.69 Å². The molecule has 2 nitrogen and oxygen atoms in total. The fourth-order valence-corrected chi connectivity index (χ4v) is 1.81. The maximum atomic E-state index is 4.37. The monoisotopic (exact) mass is 200 g/mol. The summed E-state index contributed by atoms with van der Waals surface area (Å²) in [5, 5.41) is 3.41. The molecule has 1 aromatic rings. The molecule has 0 saturated carbocycles. The lowest BCUT2D eigenvalue weighted by atomic mass is 10.1. The van der Waals surface area contributed by atoms with E-state index >= 15 is 0 Å². The summed E-state index contributed by atoms with van der Waals surface area (Å²) in [5.41, 5.74) is 4.89. The minimum atomic E-state index is 0.958. The number of benzene rings is 1. The van der Waals surface area contributed by atoms with Crippen LogP contribution in [-0.2, 0) is 0 Å². The van der Waals surface area contributed by atoms with Gasteiger partial charge in [-0.3, -0.25) is 4.99 Å². The first-order chi connectivity index (χ1) is 7.29. The Hall–Kier alpha value is -1.57. The van der Waals surface area contributed by atoms with Gasteiger partial charge in [0.15, 0.2) is 0 Å². The highest BCUT2D eigenvalue weighted by atomic mass is 14.9. The van der Waals surface area contributed by atoms with Crippen LogP contribution < -0.4 is 5.32 Å². The molecular weight excluding hydrogens is 184 g/mol. The van der Waals surface area contributed by atoms with Crippen LogP contribution in [0.3, 0.4) is 0 Å². The van der Waals surface area contributed by atoms with E-state index in [0.29, 0.717) is 0 Å². The van der Waals surface area contributed by atoms with Gasteiger partial charge in [-0.1, -0.05) is 11.6 Å². The molecule has 0 atom stereocenters. The number of fused-ring (bicyclic) bond motifs is 1. The summed E-state index contributed by atoms with van der Waals surface area (Å²) in [6, 6.07) is 6.46. The SMILES string of the molecule is CC=NC1=Cc2cc(C)ccc2NCC1. The minimum Gasteiger partial charge on any atom is -0.384 e. The Morgan fingerprint density at radius 2 is 2.27 bits per heavy atom. The molecule has 15 heavy (non-hydrogen) atoms. The largest absolute Gasteiger partial charge is 0.384 e. The summed E-state index contributed by atoms with van der Waals surface area (Å²) in [7, 11) is 0. The molecule has 1 aromatic carbocycles. The lowest BCUT2D eigenvalue weighted by molar-refractivity contribution is 0.998. The Balaban J connectivity index is 2.43. The molecule has 1 aliphatic heterocycles. The van der Waals surface area contributed by atoms with Gasteiger partial charge in [0.25, 0.3) is 0 Å². The highest BCUT2D eigenvalue weighted by molar-refractivity contribution is 5.71. The van der Waals surface area contributed by atoms with Crippen molar-refractivity contribution in [3.8, 4) is 0 Å². The third kappa shape index (κ3) is 2.27. The molecule has 0 spiro atoms. The molecule has 1 heterocycles. The Kier molecular flexibility index (Phi) is 2.86. The molecule has 78 valence electrons. The lowest BCUT2D eigenvalue weighted by Crippen LogP contribution is -2.00. The van der Waals surface area contributed by atoms with Crippen LogP contribution in [0.25, 0.3) is 6.08 Å². The first-order valence-corrected chi connectivity index (χ1v) is 5.33. The summed E-state index contributed by atoms with van der Waals surface area (Å²) in [5.74, 6) is 0. The number of hydrogen-bond donors (Lipinski definition) is 1. The Morgan fingerprint density at radius 3 is 3.07 bits per heavy atom. The molecule has 0 radical (unpaired) electrons. The molecule has 1 aliphatic rings. The number of aliphatic imine (C=N–C) groups is 1. The van der Waals surface area contributed by atoms with Crippen LogP contribution in [0, 0.1) is 6.92 Å². The number of hydrogen-bond acceptors (Lipinski definition) is 2. The van der Waals surface area contributed by atoms with E-state index in [1.807, 2.05) is 13.1 Å². The standard InChI is InChI=1S/C13H16N2/c1-3-14-12-6-7-15-13-5-4-10(2)8-11(13)9-12/h3-5,8-9,15H,6-7H2,1-2H3. The fraction of sp³-hybridized carbons (Fsp3) is 0.308. The average molecular weight is 200 g/mol. The zero-order valence-electron chi connectivity index (χ0n) is 9.25. The van der Waals surface area contributed by atoms with Gasteiger partial charge in [0, 0.05) is 30.6 Å². The number of nitrogens with one attached hydrogen (secondary N) is 1. The topological polar surface area (TPSA) is 24.4 Å². The predicted molar refractivity (Wildman–Crippen MR) is 66.4 cm³/mol. The molecular formula is C13H16N2. The molecule has 2 rings (SSSR count). The highest BCUT2D eigenvalue weighted by Crippen LogP contribution is 2.24. The van der Waals surface area contributed by atoms with Gasteiger partial charge >= 0.3 is 0 Å². The summed E-state index contributed by atoms with van der Waals surface area (Å²) in [4.78, 5) is 4.37. The molecule has 0 saturated heterocycles. The van der Waals surface area contributed by atoms with E-state index in [0.717, 1.165) is 18.7 Å². The highest BCUT2D eigenvalue weighted by Gasteiger charge is 2.06. The zero-order valence-corrected chi connectivity index (χ0v) is 9.25. The van der Waals surface area contributed by atoms with Crippen molar-refractivity contribution in [1.82, 2.24) is 0 Å². The fourth-order valence-electron chi connectivity index (χ4n) is 1.81. The van der Waals surface area contributed by atoms with Crippen molar-refractivity contribution in [2.45, 2.75) is 20.3 Å². The maximum Gasteiger partial charge on any atom is 0.0423 e. The summed E-state index contributed by atoms with van der Waals surface area (Å²) in [6.45, 7) is 5.03. The quantitative estimate of drug-likeness (QED) is 0.691. The molecule has 0 unspecified atom stereocenters. The first kappa shape index (κ1) is 9.97. The Morgan fingerprint density at radius 1 is 1.40 bits per heavy atom. The van der Waals surface area contributed by atoms with Crippen LogP contribution in [0.15, 0.2) is 28.9 Å². The summed E-state index contributed by atoms with van der Waals surface area (Å²) < 4.78 is 0. The van der Waals surface area contributed by atoms with Gasteiger partial charge < -0.3 is 5.32 Å². The minimum absolute atomic E-state index is 0.958. The second-order valence-electron chi connectivity index (χ2n) is 3.79. The van der Waals surface area contributed by atoms with Crippen molar-refractivity contribution in [3.05, 3.63) is 35.0 Å².